The third-order valence-electron chi connectivity index (χ3n) is 3.60. The van der Waals surface area contributed by atoms with E-state index in [1.54, 1.807) is 25.2 Å². The average molecular weight is 474 g/mol. The van der Waals surface area contributed by atoms with Gasteiger partial charge in [0.25, 0.3) is 5.91 Å². The van der Waals surface area contributed by atoms with E-state index in [0.717, 1.165) is 17.5 Å². The van der Waals surface area contributed by atoms with Crippen molar-refractivity contribution < 1.29 is 13.6 Å². The number of halogens is 2. The Balaban J connectivity index is 0.00000338. The van der Waals surface area contributed by atoms with Gasteiger partial charge in [-0.25, -0.2) is 4.39 Å². The van der Waals surface area contributed by atoms with Crippen LogP contribution in [-0.2, 0) is 6.54 Å². The maximum Gasteiger partial charge on any atom is 0.287 e. The van der Waals surface area contributed by atoms with Gasteiger partial charge in [0.15, 0.2) is 11.7 Å². The summed E-state index contributed by atoms with van der Waals surface area (Å²) in [6.07, 6.45) is 2.24. The molecule has 0 radical (unpaired) electrons. The predicted octanol–water partition coefficient (Wildman–Crippen LogP) is 2.83. The van der Waals surface area contributed by atoms with Gasteiger partial charge in [-0.15, -0.1) is 24.0 Å². The molecule has 0 aliphatic carbocycles. The van der Waals surface area contributed by atoms with Crippen LogP contribution in [0.3, 0.4) is 0 Å². The minimum atomic E-state index is -0.252. The highest BCUT2D eigenvalue weighted by Crippen LogP contribution is 2.07. The van der Waals surface area contributed by atoms with E-state index in [1.807, 2.05) is 6.92 Å². The highest BCUT2D eigenvalue weighted by molar-refractivity contribution is 14.0. The lowest BCUT2D eigenvalue weighted by molar-refractivity contribution is 0.0925. The fraction of sp³-hybridized carbons (Fsp3) is 0.333. The molecule has 26 heavy (non-hydrogen) atoms. The number of nitrogens with zero attached hydrogens (tertiary/aromatic N) is 1. The lowest BCUT2D eigenvalue weighted by atomic mass is 10.2. The topological polar surface area (TPSA) is 78.7 Å². The van der Waals surface area contributed by atoms with Gasteiger partial charge >= 0.3 is 0 Å². The number of carbonyl (C=O) groups excluding carboxylic acids is 1. The zero-order valence-electron chi connectivity index (χ0n) is 14.8. The van der Waals surface area contributed by atoms with Crippen LogP contribution in [0.4, 0.5) is 4.39 Å². The molecule has 0 saturated carbocycles. The van der Waals surface area contributed by atoms with Crippen LogP contribution in [0.1, 0.15) is 28.1 Å². The van der Waals surface area contributed by atoms with Crippen LogP contribution < -0.4 is 16.0 Å². The van der Waals surface area contributed by atoms with Gasteiger partial charge in [-0.3, -0.25) is 9.79 Å². The molecule has 2 aromatic rings. The minimum Gasteiger partial charge on any atom is -0.459 e. The second-order valence-electron chi connectivity index (χ2n) is 5.52. The molecule has 0 saturated heterocycles. The molecule has 1 aromatic carbocycles. The summed E-state index contributed by atoms with van der Waals surface area (Å²) < 4.78 is 18.0. The summed E-state index contributed by atoms with van der Waals surface area (Å²) in [6.45, 7) is 3.56. The molecular weight excluding hydrogens is 450 g/mol. The number of nitrogens with one attached hydrogen (secondary N) is 3. The Hall–Kier alpha value is -2.10. The van der Waals surface area contributed by atoms with Crippen molar-refractivity contribution in [3.63, 3.8) is 0 Å². The molecule has 6 nitrogen and oxygen atoms in total. The number of carbonyl (C=O) groups is 1. The maximum atomic E-state index is 12.9. The molecular formula is C18H24FIN4O2. The van der Waals surface area contributed by atoms with Gasteiger partial charge < -0.3 is 20.4 Å². The van der Waals surface area contributed by atoms with Gasteiger partial charge in [0.2, 0.25) is 0 Å². The van der Waals surface area contributed by atoms with E-state index in [9.17, 15) is 9.18 Å². The fourth-order valence-corrected chi connectivity index (χ4v) is 2.19. The lowest BCUT2D eigenvalue weighted by Gasteiger charge is -2.12. The summed E-state index contributed by atoms with van der Waals surface area (Å²) in [7, 11) is 1.68. The summed E-state index contributed by atoms with van der Waals surface area (Å²) in [5.41, 5.74) is 1.78. The number of aryl methyl sites for hydroxylation is 1. The van der Waals surface area contributed by atoms with Crippen LogP contribution in [0.5, 0.6) is 0 Å². The average Bonchev–Trinajstić information content (AvgIpc) is 3.04. The number of guanidine groups is 1. The Bertz CT molecular complexity index is 716. The predicted molar refractivity (Wildman–Crippen MR) is 110 cm³/mol. The van der Waals surface area contributed by atoms with Gasteiger partial charge in [-0.2, -0.15) is 0 Å². The Kier molecular flexibility index (Phi) is 9.71. The molecule has 0 bridgehead atoms. The first kappa shape index (κ1) is 21.9. The first-order chi connectivity index (χ1) is 12.1. The molecule has 1 heterocycles. The summed E-state index contributed by atoms with van der Waals surface area (Å²) in [5.74, 6) is 0.543. The van der Waals surface area contributed by atoms with E-state index >= 15 is 0 Å². The zero-order valence-corrected chi connectivity index (χ0v) is 17.2. The number of furan rings is 1. The van der Waals surface area contributed by atoms with Crippen molar-refractivity contribution in [2.75, 3.05) is 20.1 Å². The van der Waals surface area contributed by atoms with Crippen LogP contribution in [-0.4, -0.2) is 32.0 Å². The van der Waals surface area contributed by atoms with Gasteiger partial charge in [0.1, 0.15) is 5.82 Å². The smallest absolute Gasteiger partial charge is 0.287 e. The molecule has 0 spiro atoms. The molecule has 0 aliphatic rings. The van der Waals surface area contributed by atoms with Crippen LogP contribution in [0.25, 0.3) is 0 Å². The highest BCUT2D eigenvalue weighted by Gasteiger charge is 2.11. The number of hydrogen-bond acceptors (Lipinski definition) is 3. The Morgan fingerprint density at radius 2 is 1.81 bits per heavy atom. The second kappa shape index (κ2) is 11.5. The van der Waals surface area contributed by atoms with Gasteiger partial charge in [-0.1, -0.05) is 12.1 Å². The van der Waals surface area contributed by atoms with E-state index < -0.39 is 0 Å². The summed E-state index contributed by atoms with van der Waals surface area (Å²) in [5, 5.41) is 9.12. The van der Waals surface area contributed by atoms with Crippen molar-refractivity contribution in [2.45, 2.75) is 19.9 Å². The number of benzene rings is 1. The molecule has 0 atom stereocenters. The first-order valence-corrected chi connectivity index (χ1v) is 8.11. The first-order valence-electron chi connectivity index (χ1n) is 8.11. The monoisotopic (exact) mass is 474 g/mol. The Morgan fingerprint density at radius 3 is 2.42 bits per heavy atom. The quantitative estimate of drug-likeness (QED) is 0.250. The van der Waals surface area contributed by atoms with Crippen molar-refractivity contribution in [3.8, 4) is 0 Å². The van der Waals surface area contributed by atoms with E-state index in [-0.39, 0.29) is 35.7 Å². The van der Waals surface area contributed by atoms with Crippen molar-refractivity contribution in [1.82, 2.24) is 16.0 Å². The third-order valence-corrected chi connectivity index (χ3v) is 3.60. The van der Waals surface area contributed by atoms with E-state index in [0.29, 0.717) is 31.4 Å². The molecule has 2 rings (SSSR count). The summed E-state index contributed by atoms with van der Waals surface area (Å²) in [4.78, 5) is 16.0. The van der Waals surface area contributed by atoms with Gasteiger partial charge in [-0.05, 0) is 37.1 Å². The Labute approximate surface area is 169 Å². The zero-order chi connectivity index (χ0) is 18.1. The van der Waals surface area contributed by atoms with Gasteiger partial charge in [0, 0.05) is 32.2 Å². The van der Waals surface area contributed by atoms with E-state index in [4.69, 9.17) is 4.42 Å². The van der Waals surface area contributed by atoms with Crippen LogP contribution >= 0.6 is 24.0 Å². The molecule has 1 amide bonds. The fourth-order valence-electron chi connectivity index (χ4n) is 2.19. The molecule has 142 valence electrons. The standard InChI is InChI=1S/C18H23FN4O2.HI/c1-13-8-11-25-16(13)17(24)21-9-3-10-22-18(20-2)23-12-14-4-6-15(19)7-5-14;/h4-8,11H,3,9-10,12H2,1-2H3,(H,21,24)(H2,20,22,23);1H. The third kappa shape index (κ3) is 7.03. The summed E-state index contributed by atoms with van der Waals surface area (Å²) in [6, 6.07) is 8.06. The van der Waals surface area contributed by atoms with Crippen LogP contribution in [0, 0.1) is 12.7 Å². The normalized spacial score (nSPS) is 10.8. The largest absolute Gasteiger partial charge is 0.459 e. The SMILES string of the molecule is CN=C(NCCCNC(=O)c1occc1C)NCc1ccc(F)cc1.I. The van der Waals surface area contributed by atoms with E-state index in [2.05, 4.69) is 20.9 Å². The minimum absolute atomic E-state index is 0. The van der Waals surface area contributed by atoms with Gasteiger partial charge in [0.05, 0.1) is 6.26 Å². The van der Waals surface area contributed by atoms with Crippen molar-refractivity contribution in [3.05, 3.63) is 59.3 Å². The van der Waals surface area contributed by atoms with E-state index in [1.165, 1.54) is 18.4 Å². The number of hydrogen-bond donors (Lipinski definition) is 3. The second-order valence-corrected chi connectivity index (χ2v) is 5.52. The lowest BCUT2D eigenvalue weighted by Crippen LogP contribution is -2.38. The number of aliphatic imine (C=N–C) groups is 1. The molecule has 0 fully saturated rings. The molecule has 0 unspecified atom stereocenters. The van der Waals surface area contributed by atoms with Crippen LogP contribution in [0.2, 0.25) is 0 Å². The number of amides is 1. The molecule has 0 aliphatic heterocycles. The van der Waals surface area contributed by atoms with Crippen LogP contribution in [0.15, 0.2) is 46.0 Å². The molecule has 3 N–H and O–H groups in total. The van der Waals surface area contributed by atoms with Crippen molar-refractivity contribution in [1.29, 1.82) is 0 Å². The molecule has 1 aromatic heterocycles. The summed E-state index contributed by atoms with van der Waals surface area (Å²) >= 11 is 0. The van der Waals surface area contributed by atoms with Crippen molar-refractivity contribution in [2.24, 2.45) is 4.99 Å². The Morgan fingerprint density at radius 1 is 1.12 bits per heavy atom. The number of rotatable bonds is 7. The maximum absolute atomic E-state index is 12.9. The highest BCUT2D eigenvalue weighted by atomic mass is 127. The molecule has 8 heteroatoms. The van der Waals surface area contributed by atoms with Crippen molar-refractivity contribution >= 4 is 35.8 Å².